The van der Waals surface area contributed by atoms with Crippen LogP contribution in [0.1, 0.15) is 0 Å². The summed E-state index contributed by atoms with van der Waals surface area (Å²) in [4.78, 5) is 3.97. The lowest BCUT2D eigenvalue weighted by Crippen LogP contribution is -1.91. The lowest BCUT2D eigenvalue weighted by Gasteiger charge is -2.02. The van der Waals surface area contributed by atoms with Gasteiger partial charge in [0.15, 0.2) is 0 Å². The van der Waals surface area contributed by atoms with Crippen LogP contribution < -0.4 is 5.73 Å². The third-order valence-corrected chi connectivity index (χ3v) is 2.63. The number of nitrogens with two attached hydrogens (primary N) is 1. The Morgan fingerprint density at radius 3 is 2.85 bits per heavy atom. The normalized spacial score (nSPS) is 10.6. The minimum Gasteiger partial charge on any atom is -0.383 e. The highest BCUT2D eigenvalue weighted by atomic mass is 79.9. The van der Waals surface area contributed by atoms with Gasteiger partial charge >= 0.3 is 0 Å². The van der Waals surface area contributed by atoms with Gasteiger partial charge in [-0.25, -0.2) is 4.98 Å². The number of nitrogens with zero attached hydrogens (tertiary/aromatic N) is 1. The fourth-order valence-electron chi connectivity index (χ4n) is 1.20. The zero-order valence-corrected chi connectivity index (χ0v) is 8.93. The monoisotopic (exact) mass is 256 g/mol. The van der Waals surface area contributed by atoms with Gasteiger partial charge in [0.05, 0.1) is 5.02 Å². The number of rotatable bonds is 0. The fourth-order valence-corrected chi connectivity index (χ4v) is 1.77. The van der Waals surface area contributed by atoms with Crippen LogP contribution in [-0.2, 0) is 0 Å². The van der Waals surface area contributed by atoms with Crippen molar-refractivity contribution < 1.29 is 0 Å². The lowest BCUT2D eigenvalue weighted by molar-refractivity contribution is 1.37. The number of hydrogen-bond donors (Lipinski definition) is 1. The van der Waals surface area contributed by atoms with Crippen molar-refractivity contribution in [3.05, 3.63) is 33.9 Å². The standard InChI is InChI=1S/C9H6BrClN2/c10-5-1-2-6-7(3-5)8(11)4-13-9(6)12/h1-4H,(H2,12,13). The molecule has 0 saturated heterocycles. The smallest absolute Gasteiger partial charge is 0.131 e. The second kappa shape index (κ2) is 3.16. The zero-order valence-electron chi connectivity index (χ0n) is 6.59. The largest absolute Gasteiger partial charge is 0.383 e. The molecule has 13 heavy (non-hydrogen) atoms. The first kappa shape index (κ1) is 8.78. The molecule has 0 aliphatic heterocycles. The van der Waals surface area contributed by atoms with Crippen molar-refractivity contribution in [1.82, 2.24) is 4.98 Å². The number of benzene rings is 1. The molecule has 0 bridgehead atoms. The third kappa shape index (κ3) is 1.49. The van der Waals surface area contributed by atoms with Crippen molar-refractivity contribution in [3.8, 4) is 0 Å². The van der Waals surface area contributed by atoms with Crippen molar-refractivity contribution in [1.29, 1.82) is 0 Å². The summed E-state index contributed by atoms with van der Waals surface area (Å²) in [6, 6.07) is 5.74. The van der Waals surface area contributed by atoms with E-state index in [1.807, 2.05) is 18.2 Å². The second-order valence-corrected chi connectivity index (χ2v) is 4.00. The van der Waals surface area contributed by atoms with Crippen LogP contribution in [0.2, 0.25) is 5.02 Å². The summed E-state index contributed by atoms with van der Waals surface area (Å²) >= 11 is 9.33. The van der Waals surface area contributed by atoms with Crippen LogP contribution in [0, 0.1) is 0 Å². The van der Waals surface area contributed by atoms with Crippen molar-refractivity contribution in [2.75, 3.05) is 5.73 Å². The van der Waals surface area contributed by atoms with Gasteiger partial charge < -0.3 is 5.73 Å². The minimum atomic E-state index is 0.506. The molecule has 2 N–H and O–H groups in total. The summed E-state index contributed by atoms with van der Waals surface area (Å²) in [6.45, 7) is 0. The average molecular weight is 258 g/mol. The Hall–Kier alpha value is -0.800. The number of halogens is 2. The Morgan fingerprint density at radius 2 is 2.08 bits per heavy atom. The zero-order chi connectivity index (χ0) is 9.42. The molecule has 0 aliphatic rings. The summed E-state index contributed by atoms with van der Waals surface area (Å²) in [5.74, 6) is 0.506. The van der Waals surface area contributed by atoms with Gasteiger partial charge in [-0.1, -0.05) is 27.5 Å². The van der Waals surface area contributed by atoms with E-state index in [0.717, 1.165) is 15.2 Å². The van der Waals surface area contributed by atoms with Crippen LogP contribution in [-0.4, -0.2) is 4.98 Å². The van der Waals surface area contributed by atoms with Crippen LogP contribution in [0.4, 0.5) is 5.82 Å². The van der Waals surface area contributed by atoms with Gasteiger partial charge in [-0.15, -0.1) is 0 Å². The van der Waals surface area contributed by atoms with Crippen molar-refractivity contribution in [2.24, 2.45) is 0 Å². The van der Waals surface area contributed by atoms with E-state index in [1.165, 1.54) is 0 Å². The Balaban J connectivity index is 2.92. The minimum absolute atomic E-state index is 0.506. The summed E-state index contributed by atoms with van der Waals surface area (Å²) in [6.07, 6.45) is 1.56. The quantitative estimate of drug-likeness (QED) is 0.787. The highest BCUT2D eigenvalue weighted by molar-refractivity contribution is 9.10. The maximum atomic E-state index is 5.96. The predicted molar refractivity (Wildman–Crippen MR) is 58.9 cm³/mol. The molecule has 2 rings (SSSR count). The highest BCUT2D eigenvalue weighted by Crippen LogP contribution is 2.28. The molecule has 0 saturated carbocycles. The van der Waals surface area contributed by atoms with Crippen LogP contribution in [0.3, 0.4) is 0 Å². The SMILES string of the molecule is Nc1ncc(Cl)c2cc(Br)ccc12. The van der Waals surface area contributed by atoms with Crippen LogP contribution >= 0.6 is 27.5 Å². The van der Waals surface area contributed by atoms with Gasteiger partial charge in [0.2, 0.25) is 0 Å². The molecule has 1 heterocycles. The molecular weight excluding hydrogens is 251 g/mol. The van der Waals surface area contributed by atoms with Gasteiger partial charge in [0.1, 0.15) is 5.82 Å². The van der Waals surface area contributed by atoms with Crippen LogP contribution in [0.25, 0.3) is 10.8 Å². The number of nitrogen functional groups attached to an aromatic ring is 1. The molecule has 0 spiro atoms. The first-order chi connectivity index (χ1) is 6.18. The van der Waals surface area contributed by atoms with E-state index in [4.69, 9.17) is 17.3 Å². The molecule has 1 aromatic carbocycles. The second-order valence-electron chi connectivity index (χ2n) is 2.68. The number of hydrogen-bond acceptors (Lipinski definition) is 2. The highest BCUT2D eigenvalue weighted by Gasteiger charge is 2.03. The third-order valence-electron chi connectivity index (χ3n) is 1.83. The maximum absolute atomic E-state index is 5.96. The molecule has 4 heteroatoms. The van der Waals surface area contributed by atoms with E-state index in [9.17, 15) is 0 Å². The molecule has 66 valence electrons. The molecule has 0 amide bonds. The van der Waals surface area contributed by atoms with E-state index >= 15 is 0 Å². The molecule has 0 unspecified atom stereocenters. The topological polar surface area (TPSA) is 38.9 Å². The molecule has 2 nitrogen and oxygen atoms in total. The summed E-state index contributed by atoms with van der Waals surface area (Å²) in [7, 11) is 0. The van der Waals surface area contributed by atoms with E-state index in [2.05, 4.69) is 20.9 Å². The summed E-state index contributed by atoms with van der Waals surface area (Å²) in [5.41, 5.74) is 5.69. The summed E-state index contributed by atoms with van der Waals surface area (Å²) in [5, 5.41) is 2.42. The number of fused-ring (bicyclic) bond motifs is 1. The Morgan fingerprint density at radius 1 is 1.31 bits per heavy atom. The van der Waals surface area contributed by atoms with E-state index in [-0.39, 0.29) is 0 Å². The van der Waals surface area contributed by atoms with Gasteiger partial charge in [0, 0.05) is 21.4 Å². The number of pyridine rings is 1. The first-order valence-electron chi connectivity index (χ1n) is 3.68. The van der Waals surface area contributed by atoms with Gasteiger partial charge in [-0.05, 0) is 18.2 Å². The first-order valence-corrected chi connectivity index (χ1v) is 4.85. The van der Waals surface area contributed by atoms with E-state index < -0.39 is 0 Å². The fraction of sp³-hybridized carbons (Fsp3) is 0. The molecule has 0 fully saturated rings. The van der Waals surface area contributed by atoms with Gasteiger partial charge in [-0.3, -0.25) is 0 Å². The van der Waals surface area contributed by atoms with Crippen molar-refractivity contribution in [3.63, 3.8) is 0 Å². The van der Waals surface area contributed by atoms with E-state index in [0.29, 0.717) is 10.8 Å². The van der Waals surface area contributed by atoms with Crippen LogP contribution in [0.15, 0.2) is 28.9 Å². The number of aromatic nitrogens is 1. The molecule has 0 aliphatic carbocycles. The average Bonchev–Trinajstić information content (AvgIpc) is 2.12. The predicted octanol–water partition coefficient (Wildman–Crippen LogP) is 3.23. The van der Waals surface area contributed by atoms with E-state index in [1.54, 1.807) is 6.20 Å². The van der Waals surface area contributed by atoms with Crippen molar-refractivity contribution >= 4 is 44.1 Å². The Bertz CT molecular complexity index is 470. The van der Waals surface area contributed by atoms with Crippen LogP contribution in [0.5, 0.6) is 0 Å². The summed E-state index contributed by atoms with van der Waals surface area (Å²) < 4.78 is 0.979. The molecule has 1 aromatic heterocycles. The molecule has 0 atom stereocenters. The molecular formula is C9H6BrClN2. The van der Waals surface area contributed by atoms with Gasteiger partial charge in [-0.2, -0.15) is 0 Å². The lowest BCUT2D eigenvalue weighted by atomic mass is 10.2. The number of anilines is 1. The molecule has 0 radical (unpaired) electrons. The Labute approximate surface area is 88.8 Å². The maximum Gasteiger partial charge on any atom is 0.131 e. The molecule has 2 aromatic rings. The van der Waals surface area contributed by atoms with Crippen molar-refractivity contribution in [2.45, 2.75) is 0 Å². The Kier molecular flexibility index (Phi) is 2.14. The van der Waals surface area contributed by atoms with Gasteiger partial charge in [0.25, 0.3) is 0 Å².